The molecule has 0 aromatic heterocycles. The summed E-state index contributed by atoms with van der Waals surface area (Å²) < 4.78 is 26.5. The lowest BCUT2D eigenvalue weighted by atomic mass is 10.00. The van der Waals surface area contributed by atoms with Crippen LogP contribution in [0.2, 0.25) is 0 Å². The van der Waals surface area contributed by atoms with Crippen LogP contribution < -0.4 is 10.5 Å². The van der Waals surface area contributed by atoms with Crippen LogP contribution in [0.3, 0.4) is 0 Å². The standard InChI is InChI=1S/C16H26N4O2S/c1-14-7-10-20(11-8-14)16(17)18-9-12-23(21,22)19-13-15-5-3-2-4-6-15/h2-6,14,19H,7-13H2,1H3,(H2,17,18). The van der Waals surface area contributed by atoms with Crippen molar-refractivity contribution in [3.63, 3.8) is 0 Å². The summed E-state index contributed by atoms with van der Waals surface area (Å²) in [7, 11) is -3.35. The summed E-state index contributed by atoms with van der Waals surface area (Å²) in [4.78, 5) is 6.25. The Balaban J connectivity index is 1.76. The number of sulfonamides is 1. The van der Waals surface area contributed by atoms with E-state index < -0.39 is 10.0 Å². The molecule has 0 atom stereocenters. The third-order valence-electron chi connectivity index (χ3n) is 4.08. The molecule has 128 valence electrons. The van der Waals surface area contributed by atoms with Gasteiger partial charge in [0.25, 0.3) is 0 Å². The Bertz CT molecular complexity index is 608. The average Bonchev–Trinajstić information content (AvgIpc) is 2.54. The minimum Gasteiger partial charge on any atom is -0.370 e. The number of nitrogens with one attached hydrogen (secondary N) is 1. The Hall–Kier alpha value is -1.60. The predicted octanol–water partition coefficient (Wildman–Crippen LogP) is 1.15. The molecule has 0 radical (unpaired) electrons. The van der Waals surface area contributed by atoms with E-state index in [0.29, 0.717) is 12.5 Å². The topological polar surface area (TPSA) is 87.8 Å². The minimum absolute atomic E-state index is 0.0508. The molecule has 1 aliphatic heterocycles. The Morgan fingerprint density at radius 3 is 2.61 bits per heavy atom. The van der Waals surface area contributed by atoms with Crippen LogP contribution in [0.25, 0.3) is 0 Å². The molecule has 0 spiro atoms. The fourth-order valence-corrected chi connectivity index (χ4v) is 3.34. The van der Waals surface area contributed by atoms with Crippen LogP contribution in [0, 0.1) is 5.92 Å². The van der Waals surface area contributed by atoms with Crippen molar-refractivity contribution in [2.75, 3.05) is 25.4 Å². The largest absolute Gasteiger partial charge is 0.370 e. The zero-order valence-electron chi connectivity index (χ0n) is 13.6. The Kier molecular flexibility index (Phi) is 6.41. The number of hydrogen-bond donors (Lipinski definition) is 2. The van der Waals surface area contributed by atoms with Gasteiger partial charge < -0.3 is 10.6 Å². The van der Waals surface area contributed by atoms with Gasteiger partial charge in [-0.15, -0.1) is 0 Å². The summed E-state index contributed by atoms with van der Waals surface area (Å²) >= 11 is 0. The first-order valence-corrected chi connectivity index (χ1v) is 9.67. The number of nitrogens with zero attached hydrogens (tertiary/aromatic N) is 2. The highest BCUT2D eigenvalue weighted by molar-refractivity contribution is 7.89. The molecule has 1 aliphatic rings. The summed E-state index contributed by atoms with van der Waals surface area (Å²) in [5, 5.41) is 0. The van der Waals surface area contributed by atoms with Gasteiger partial charge in [0, 0.05) is 19.6 Å². The number of guanidine groups is 1. The van der Waals surface area contributed by atoms with Crippen molar-refractivity contribution in [2.45, 2.75) is 26.3 Å². The number of aliphatic imine (C=N–C) groups is 1. The molecule has 2 rings (SSSR count). The molecule has 0 unspecified atom stereocenters. The molecule has 0 saturated carbocycles. The summed E-state index contributed by atoms with van der Waals surface area (Å²) in [5.74, 6) is 1.13. The van der Waals surface area contributed by atoms with Crippen LogP contribution in [0.1, 0.15) is 25.3 Å². The Labute approximate surface area is 138 Å². The number of hydrogen-bond acceptors (Lipinski definition) is 3. The average molecular weight is 338 g/mol. The van der Waals surface area contributed by atoms with Gasteiger partial charge in [0.15, 0.2) is 5.96 Å². The van der Waals surface area contributed by atoms with Crippen LogP contribution in [0.4, 0.5) is 0 Å². The lowest BCUT2D eigenvalue weighted by Gasteiger charge is -2.31. The minimum atomic E-state index is -3.35. The fraction of sp³-hybridized carbons (Fsp3) is 0.562. The van der Waals surface area contributed by atoms with Gasteiger partial charge in [0.1, 0.15) is 0 Å². The maximum atomic E-state index is 12.0. The first-order chi connectivity index (χ1) is 11.0. The molecule has 0 aliphatic carbocycles. The van der Waals surface area contributed by atoms with Gasteiger partial charge in [-0.1, -0.05) is 37.3 Å². The van der Waals surface area contributed by atoms with Gasteiger partial charge in [-0.3, -0.25) is 4.99 Å². The van der Waals surface area contributed by atoms with Crippen molar-refractivity contribution in [1.29, 1.82) is 0 Å². The molecule has 3 N–H and O–H groups in total. The van der Waals surface area contributed by atoms with Crippen molar-refractivity contribution in [1.82, 2.24) is 9.62 Å². The molecule has 0 amide bonds. The lowest BCUT2D eigenvalue weighted by Crippen LogP contribution is -2.42. The van der Waals surface area contributed by atoms with Crippen LogP contribution in [-0.2, 0) is 16.6 Å². The fourth-order valence-electron chi connectivity index (χ4n) is 2.48. The second-order valence-corrected chi connectivity index (χ2v) is 7.96. The summed E-state index contributed by atoms with van der Waals surface area (Å²) in [6, 6.07) is 9.44. The lowest BCUT2D eigenvalue weighted by molar-refractivity contribution is 0.278. The molecule has 7 heteroatoms. The van der Waals surface area contributed by atoms with E-state index in [1.165, 1.54) is 0 Å². The van der Waals surface area contributed by atoms with Gasteiger partial charge in [-0.25, -0.2) is 13.1 Å². The number of nitrogens with two attached hydrogens (primary N) is 1. The van der Waals surface area contributed by atoms with Crippen molar-refractivity contribution >= 4 is 16.0 Å². The summed E-state index contributed by atoms with van der Waals surface area (Å²) in [6.45, 7) is 4.51. The normalized spacial score (nSPS) is 17.4. The first-order valence-electron chi connectivity index (χ1n) is 8.02. The van der Waals surface area contributed by atoms with E-state index in [4.69, 9.17) is 5.73 Å². The number of benzene rings is 1. The molecule has 1 heterocycles. The van der Waals surface area contributed by atoms with E-state index in [1.54, 1.807) is 0 Å². The zero-order chi connectivity index (χ0) is 16.7. The Morgan fingerprint density at radius 1 is 1.30 bits per heavy atom. The van der Waals surface area contributed by atoms with Gasteiger partial charge >= 0.3 is 0 Å². The monoisotopic (exact) mass is 338 g/mol. The van der Waals surface area contributed by atoms with E-state index in [2.05, 4.69) is 16.6 Å². The summed E-state index contributed by atoms with van der Waals surface area (Å²) in [6.07, 6.45) is 2.21. The number of rotatable bonds is 6. The Morgan fingerprint density at radius 2 is 1.96 bits per heavy atom. The van der Waals surface area contributed by atoms with Gasteiger partial charge in [-0.05, 0) is 24.3 Å². The second kappa shape index (κ2) is 8.31. The van der Waals surface area contributed by atoms with E-state index in [0.717, 1.165) is 37.4 Å². The molecule has 1 aromatic rings. The molecule has 0 bridgehead atoms. The molecule has 1 aromatic carbocycles. The first kappa shape index (κ1) is 17.7. The van der Waals surface area contributed by atoms with Gasteiger partial charge in [0.05, 0.1) is 12.3 Å². The zero-order valence-corrected chi connectivity index (χ0v) is 14.4. The molecular formula is C16H26N4O2S. The van der Waals surface area contributed by atoms with E-state index in [1.807, 2.05) is 35.2 Å². The molecule has 1 fully saturated rings. The van der Waals surface area contributed by atoms with E-state index in [9.17, 15) is 8.42 Å². The highest BCUT2D eigenvalue weighted by Crippen LogP contribution is 2.15. The third kappa shape index (κ3) is 6.19. The maximum absolute atomic E-state index is 12.0. The van der Waals surface area contributed by atoms with Crippen LogP contribution in [0.5, 0.6) is 0 Å². The van der Waals surface area contributed by atoms with Gasteiger partial charge in [-0.2, -0.15) is 0 Å². The van der Waals surface area contributed by atoms with Crippen molar-refractivity contribution in [3.8, 4) is 0 Å². The van der Waals surface area contributed by atoms with Crippen molar-refractivity contribution in [3.05, 3.63) is 35.9 Å². The van der Waals surface area contributed by atoms with Crippen LogP contribution in [-0.4, -0.2) is 44.7 Å². The van der Waals surface area contributed by atoms with Crippen LogP contribution in [0.15, 0.2) is 35.3 Å². The number of piperidine rings is 1. The van der Waals surface area contributed by atoms with Crippen molar-refractivity contribution in [2.24, 2.45) is 16.6 Å². The quantitative estimate of drug-likeness (QED) is 0.602. The maximum Gasteiger partial charge on any atom is 0.213 e. The molecule has 6 nitrogen and oxygen atoms in total. The van der Waals surface area contributed by atoms with E-state index >= 15 is 0 Å². The molecule has 23 heavy (non-hydrogen) atoms. The predicted molar refractivity (Wildman–Crippen MR) is 93.5 cm³/mol. The second-order valence-electron chi connectivity index (χ2n) is 6.04. The summed E-state index contributed by atoms with van der Waals surface area (Å²) in [5.41, 5.74) is 6.88. The van der Waals surface area contributed by atoms with Gasteiger partial charge in [0.2, 0.25) is 10.0 Å². The third-order valence-corrected chi connectivity index (χ3v) is 5.38. The number of likely N-dealkylation sites (tertiary alicyclic amines) is 1. The molecule has 1 saturated heterocycles. The van der Waals surface area contributed by atoms with Crippen LogP contribution >= 0.6 is 0 Å². The SMILES string of the molecule is CC1CCN(C(N)=NCCS(=O)(=O)NCc2ccccc2)CC1. The highest BCUT2D eigenvalue weighted by Gasteiger charge is 2.17. The van der Waals surface area contributed by atoms with E-state index in [-0.39, 0.29) is 12.3 Å². The smallest absolute Gasteiger partial charge is 0.213 e. The van der Waals surface area contributed by atoms with Crippen molar-refractivity contribution < 1.29 is 8.42 Å². The highest BCUT2D eigenvalue weighted by atomic mass is 32.2. The molecular weight excluding hydrogens is 312 g/mol.